The largest absolute Gasteiger partial charge is 0.330 e. The Morgan fingerprint density at radius 1 is 1.11 bits per heavy atom. The van der Waals surface area contributed by atoms with Crippen LogP contribution in [-0.4, -0.2) is 6.54 Å². The summed E-state index contributed by atoms with van der Waals surface area (Å²) in [6.07, 6.45) is 1.01. The van der Waals surface area contributed by atoms with Crippen LogP contribution in [0.25, 0.3) is 0 Å². The molecule has 2 N–H and O–H groups in total. The van der Waals surface area contributed by atoms with E-state index in [1.54, 1.807) is 0 Å². The van der Waals surface area contributed by atoms with Gasteiger partial charge in [-0.25, -0.2) is 0 Å². The zero-order valence-corrected chi connectivity index (χ0v) is 12.7. The predicted molar refractivity (Wildman–Crippen MR) is 85.8 cm³/mol. The van der Waals surface area contributed by atoms with E-state index in [2.05, 4.69) is 78.0 Å². The molecule has 0 aromatic heterocycles. The first-order valence-corrected chi connectivity index (χ1v) is 7.28. The lowest BCUT2D eigenvalue weighted by Crippen LogP contribution is -2.15. The second-order valence-corrected chi connectivity index (χ2v) is 5.92. The molecule has 2 aromatic rings. The van der Waals surface area contributed by atoms with E-state index in [-0.39, 0.29) is 0 Å². The van der Waals surface area contributed by atoms with E-state index in [9.17, 15) is 0 Å². The van der Waals surface area contributed by atoms with Crippen molar-refractivity contribution in [3.05, 3.63) is 68.8 Å². The van der Waals surface area contributed by atoms with E-state index in [0.29, 0.717) is 12.5 Å². The molecule has 0 saturated heterocycles. The summed E-state index contributed by atoms with van der Waals surface area (Å²) in [5.41, 5.74) is 9.93. The maximum atomic E-state index is 5.93. The first-order valence-electron chi connectivity index (χ1n) is 6.20. The topological polar surface area (TPSA) is 26.0 Å². The van der Waals surface area contributed by atoms with Gasteiger partial charge in [0.25, 0.3) is 0 Å². The highest BCUT2D eigenvalue weighted by atomic mass is 127. The third kappa shape index (κ3) is 3.56. The molecule has 0 spiro atoms. The van der Waals surface area contributed by atoms with E-state index < -0.39 is 0 Å². The van der Waals surface area contributed by atoms with Crippen molar-refractivity contribution in [3.8, 4) is 0 Å². The molecule has 2 aromatic carbocycles. The van der Waals surface area contributed by atoms with Crippen molar-refractivity contribution in [1.29, 1.82) is 0 Å². The van der Waals surface area contributed by atoms with Gasteiger partial charge in [-0.3, -0.25) is 0 Å². The molecule has 2 rings (SSSR count). The molecule has 0 aliphatic rings. The first kappa shape index (κ1) is 13.6. The molecule has 0 saturated carbocycles. The molecule has 0 amide bonds. The van der Waals surface area contributed by atoms with E-state index in [4.69, 9.17) is 5.73 Å². The van der Waals surface area contributed by atoms with Crippen LogP contribution in [0.15, 0.2) is 48.5 Å². The van der Waals surface area contributed by atoms with Crippen LogP contribution in [0.1, 0.15) is 22.6 Å². The number of halogens is 1. The summed E-state index contributed by atoms with van der Waals surface area (Å²) in [6.45, 7) is 2.82. The summed E-state index contributed by atoms with van der Waals surface area (Å²) in [5.74, 6) is 0.407. The van der Waals surface area contributed by atoms with Crippen molar-refractivity contribution in [2.24, 2.45) is 5.73 Å². The molecule has 18 heavy (non-hydrogen) atoms. The molecule has 1 unspecified atom stereocenters. The lowest BCUT2D eigenvalue weighted by molar-refractivity contribution is 0.694. The van der Waals surface area contributed by atoms with Gasteiger partial charge in [0.1, 0.15) is 0 Å². The highest BCUT2D eigenvalue weighted by Gasteiger charge is 2.10. The van der Waals surface area contributed by atoms with E-state index in [1.807, 2.05) is 0 Å². The fourth-order valence-corrected chi connectivity index (χ4v) is 2.53. The Hall–Kier alpha value is -0.870. The van der Waals surface area contributed by atoms with E-state index in [0.717, 1.165) is 6.42 Å². The minimum atomic E-state index is 0.407. The van der Waals surface area contributed by atoms with Crippen molar-refractivity contribution in [2.75, 3.05) is 6.54 Å². The Balaban J connectivity index is 2.17. The molecule has 1 nitrogen and oxygen atoms in total. The van der Waals surface area contributed by atoms with Gasteiger partial charge in [0.2, 0.25) is 0 Å². The Labute approximate surface area is 123 Å². The number of benzene rings is 2. The number of nitrogens with two attached hydrogens (primary N) is 1. The molecular weight excluding hydrogens is 333 g/mol. The number of aryl methyl sites for hydroxylation is 1. The van der Waals surface area contributed by atoms with E-state index in [1.165, 1.54) is 20.3 Å². The summed E-state index contributed by atoms with van der Waals surface area (Å²) in [5, 5.41) is 0. The second kappa shape index (κ2) is 6.34. The zero-order chi connectivity index (χ0) is 13.0. The summed E-state index contributed by atoms with van der Waals surface area (Å²) in [7, 11) is 0. The molecular formula is C16H18IN. The van der Waals surface area contributed by atoms with Crippen LogP contribution in [0.3, 0.4) is 0 Å². The van der Waals surface area contributed by atoms with Gasteiger partial charge < -0.3 is 5.73 Å². The van der Waals surface area contributed by atoms with Gasteiger partial charge in [0.05, 0.1) is 0 Å². The number of hydrogen-bond donors (Lipinski definition) is 1. The average Bonchev–Trinajstić information content (AvgIpc) is 2.38. The summed E-state index contributed by atoms with van der Waals surface area (Å²) in [4.78, 5) is 0. The maximum Gasteiger partial charge on any atom is 0.0130 e. The molecule has 94 valence electrons. The van der Waals surface area contributed by atoms with Crippen LogP contribution < -0.4 is 5.73 Å². The van der Waals surface area contributed by atoms with Crippen LogP contribution in [-0.2, 0) is 6.42 Å². The number of rotatable bonds is 4. The fraction of sp³-hybridized carbons (Fsp3) is 0.250. The highest BCUT2D eigenvalue weighted by Crippen LogP contribution is 2.21. The molecule has 2 heteroatoms. The monoisotopic (exact) mass is 351 g/mol. The van der Waals surface area contributed by atoms with Crippen molar-refractivity contribution >= 4 is 22.6 Å². The second-order valence-electron chi connectivity index (χ2n) is 4.68. The molecule has 0 aliphatic carbocycles. The zero-order valence-electron chi connectivity index (χ0n) is 10.6. The Bertz CT molecular complexity index is 505. The maximum absolute atomic E-state index is 5.93. The normalized spacial score (nSPS) is 12.4. The summed E-state index contributed by atoms with van der Waals surface area (Å²) in [6, 6.07) is 17.4. The SMILES string of the molecule is Cc1cccc(C(CN)Cc2ccc(I)cc2)c1. The van der Waals surface area contributed by atoms with Crippen LogP contribution in [0.2, 0.25) is 0 Å². The summed E-state index contributed by atoms with van der Waals surface area (Å²) >= 11 is 2.33. The molecule has 0 radical (unpaired) electrons. The van der Waals surface area contributed by atoms with Crippen molar-refractivity contribution in [1.82, 2.24) is 0 Å². The first-order chi connectivity index (χ1) is 8.69. The third-order valence-electron chi connectivity index (χ3n) is 3.19. The summed E-state index contributed by atoms with van der Waals surface area (Å²) < 4.78 is 1.27. The lowest BCUT2D eigenvalue weighted by Gasteiger charge is -2.16. The molecule has 0 bridgehead atoms. The lowest BCUT2D eigenvalue weighted by atomic mass is 9.91. The van der Waals surface area contributed by atoms with Gasteiger partial charge in [0.15, 0.2) is 0 Å². The van der Waals surface area contributed by atoms with Crippen LogP contribution in [0.4, 0.5) is 0 Å². The highest BCUT2D eigenvalue weighted by molar-refractivity contribution is 14.1. The van der Waals surface area contributed by atoms with Gasteiger partial charge in [-0.1, -0.05) is 42.0 Å². The Morgan fingerprint density at radius 3 is 2.44 bits per heavy atom. The van der Waals surface area contributed by atoms with Crippen LogP contribution in [0, 0.1) is 10.5 Å². The molecule has 0 fully saturated rings. The smallest absolute Gasteiger partial charge is 0.0130 e. The Morgan fingerprint density at radius 2 is 1.83 bits per heavy atom. The standard InChI is InChI=1S/C16H18IN/c1-12-3-2-4-14(9-12)15(11-18)10-13-5-7-16(17)8-6-13/h2-9,15H,10-11,18H2,1H3. The van der Waals surface area contributed by atoms with Gasteiger partial charge in [-0.2, -0.15) is 0 Å². The average molecular weight is 351 g/mol. The van der Waals surface area contributed by atoms with Crippen LogP contribution >= 0.6 is 22.6 Å². The van der Waals surface area contributed by atoms with Crippen molar-refractivity contribution in [2.45, 2.75) is 19.3 Å². The van der Waals surface area contributed by atoms with Gasteiger partial charge in [0, 0.05) is 9.49 Å². The van der Waals surface area contributed by atoms with Crippen LogP contribution in [0.5, 0.6) is 0 Å². The quantitative estimate of drug-likeness (QED) is 0.832. The molecule has 0 heterocycles. The minimum absolute atomic E-state index is 0.407. The minimum Gasteiger partial charge on any atom is -0.330 e. The molecule has 1 atom stereocenters. The predicted octanol–water partition coefficient (Wildman–Crippen LogP) is 3.88. The van der Waals surface area contributed by atoms with Gasteiger partial charge in [-0.15, -0.1) is 0 Å². The van der Waals surface area contributed by atoms with Crippen molar-refractivity contribution < 1.29 is 0 Å². The molecule has 0 aliphatic heterocycles. The number of hydrogen-bond acceptors (Lipinski definition) is 1. The van der Waals surface area contributed by atoms with Gasteiger partial charge in [-0.05, 0) is 65.7 Å². The third-order valence-corrected chi connectivity index (χ3v) is 3.91. The van der Waals surface area contributed by atoms with E-state index >= 15 is 0 Å². The van der Waals surface area contributed by atoms with Crippen molar-refractivity contribution in [3.63, 3.8) is 0 Å². The fourth-order valence-electron chi connectivity index (χ4n) is 2.17. The van der Waals surface area contributed by atoms with Gasteiger partial charge >= 0.3 is 0 Å². The Kier molecular flexibility index (Phi) is 4.78.